The average molecular weight is 257 g/mol. The zero-order valence-electron chi connectivity index (χ0n) is 8.58. The Hall–Kier alpha value is -0.900. The number of aryl methyl sites for hydroxylation is 1. The average Bonchev–Trinajstić information content (AvgIpc) is 2.63. The highest BCUT2D eigenvalue weighted by atomic mass is 35.5. The second-order valence-corrected chi connectivity index (χ2v) is 4.76. The third-order valence-corrected chi connectivity index (χ3v) is 3.56. The van der Waals surface area contributed by atoms with Crippen molar-refractivity contribution in [1.82, 2.24) is 0 Å². The fraction of sp³-hybridized carbons (Fsp3) is 0.167. The first-order valence-corrected chi connectivity index (χ1v) is 6.07. The summed E-state index contributed by atoms with van der Waals surface area (Å²) in [7, 11) is 0. The molecular formula is C12H10ClFOS. The van der Waals surface area contributed by atoms with Crippen LogP contribution in [0.5, 0.6) is 0 Å². The number of halogens is 2. The molecule has 84 valence electrons. The normalized spacial score (nSPS) is 12.8. The fourth-order valence-corrected chi connectivity index (χ4v) is 2.57. The predicted octanol–water partition coefficient (Wildman–Crippen LogP) is 3.93. The molecule has 16 heavy (non-hydrogen) atoms. The van der Waals surface area contributed by atoms with E-state index in [4.69, 9.17) is 11.6 Å². The van der Waals surface area contributed by atoms with Gasteiger partial charge in [0.1, 0.15) is 11.9 Å². The maximum absolute atomic E-state index is 13.6. The second-order valence-electron chi connectivity index (χ2n) is 3.58. The first kappa shape index (κ1) is 11.6. The number of thiophene rings is 1. The van der Waals surface area contributed by atoms with Crippen molar-refractivity contribution in [2.24, 2.45) is 0 Å². The molecule has 0 aliphatic carbocycles. The molecule has 0 radical (unpaired) electrons. The molecule has 1 aromatic heterocycles. The molecule has 0 fully saturated rings. The highest BCUT2D eigenvalue weighted by Crippen LogP contribution is 2.29. The lowest BCUT2D eigenvalue weighted by molar-refractivity contribution is 0.215. The topological polar surface area (TPSA) is 20.2 Å². The van der Waals surface area contributed by atoms with Crippen LogP contribution in [0.3, 0.4) is 0 Å². The van der Waals surface area contributed by atoms with Crippen molar-refractivity contribution in [3.63, 3.8) is 0 Å². The molecular weight excluding hydrogens is 247 g/mol. The summed E-state index contributed by atoms with van der Waals surface area (Å²) >= 11 is 7.15. The number of aliphatic hydroxyl groups excluding tert-OH is 1. The van der Waals surface area contributed by atoms with E-state index < -0.39 is 11.9 Å². The fourth-order valence-electron chi connectivity index (χ4n) is 1.54. The van der Waals surface area contributed by atoms with Gasteiger partial charge in [-0.25, -0.2) is 4.39 Å². The number of rotatable bonds is 2. The molecule has 1 atom stereocenters. The molecule has 1 nitrogen and oxygen atoms in total. The predicted molar refractivity (Wildman–Crippen MR) is 64.5 cm³/mol. The number of hydrogen-bond donors (Lipinski definition) is 1. The van der Waals surface area contributed by atoms with Gasteiger partial charge in [-0.2, -0.15) is 11.3 Å². The van der Waals surface area contributed by atoms with Gasteiger partial charge in [-0.05, 0) is 40.9 Å². The van der Waals surface area contributed by atoms with Crippen LogP contribution in [0.15, 0.2) is 29.0 Å². The lowest BCUT2D eigenvalue weighted by atomic mass is 10.0. The van der Waals surface area contributed by atoms with Crippen LogP contribution in [0.1, 0.15) is 22.8 Å². The zero-order chi connectivity index (χ0) is 11.7. The molecule has 0 spiro atoms. The van der Waals surface area contributed by atoms with Crippen molar-refractivity contribution in [2.75, 3.05) is 0 Å². The van der Waals surface area contributed by atoms with Crippen LogP contribution in [0, 0.1) is 12.7 Å². The Kier molecular flexibility index (Phi) is 3.28. The molecule has 2 rings (SSSR count). The standard InChI is InChI=1S/C12H10ClFOS/c1-7-5-16-6-10(7)12(15)9-3-2-8(13)4-11(9)14/h2-6,12,15H,1H3. The van der Waals surface area contributed by atoms with E-state index >= 15 is 0 Å². The van der Waals surface area contributed by atoms with Crippen LogP contribution >= 0.6 is 22.9 Å². The highest BCUT2D eigenvalue weighted by molar-refractivity contribution is 7.08. The summed E-state index contributed by atoms with van der Waals surface area (Å²) in [5.41, 5.74) is 1.96. The van der Waals surface area contributed by atoms with Gasteiger partial charge in [-0.1, -0.05) is 17.7 Å². The highest BCUT2D eigenvalue weighted by Gasteiger charge is 2.17. The lowest BCUT2D eigenvalue weighted by Gasteiger charge is -2.12. The zero-order valence-corrected chi connectivity index (χ0v) is 10.1. The van der Waals surface area contributed by atoms with Gasteiger partial charge in [-0.3, -0.25) is 0 Å². The molecule has 2 aromatic rings. The van der Waals surface area contributed by atoms with Crippen LogP contribution in [-0.4, -0.2) is 5.11 Å². The minimum Gasteiger partial charge on any atom is -0.384 e. The van der Waals surface area contributed by atoms with Crippen LogP contribution in [-0.2, 0) is 0 Å². The van der Waals surface area contributed by atoms with Gasteiger partial charge in [0.25, 0.3) is 0 Å². The summed E-state index contributed by atoms with van der Waals surface area (Å²) in [6, 6.07) is 4.30. The van der Waals surface area contributed by atoms with E-state index in [1.807, 2.05) is 17.7 Å². The van der Waals surface area contributed by atoms with Crippen molar-refractivity contribution in [3.05, 3.63) is 56.5 Å². The van der Waals surface area contributed by atoms with Crippen LogP contribution in [0.25, 0.3) is 0 Å². The summed E-state index contributed by atoms with van der Waals surface area (Å²) in [6.07, 6.45) is -0.927. The van der Waals surface area contributed by atoms with Crippen LogP contribution in [0.2, 0.25) is 5.02 Å². The van der Waals surface area contributed by atoms with Crippen molar-refractivity contribution >= 4 is 22.9 Å². The Balaban J connectivity index is 2.41. The summed E-state index contributed by atoms with van der Waals surface area (Å²) in [6.45, 7) is 1.89. The number of benzene rings is 1. The van der Waals surface area contributed by atoms with Gasteiger partial charge in [0.2, 0.25) is 0 Å². The van der Waals surface area contributed by atoms with Crippen molar-refractivity contribution in [3.8, 4) is 0 Å². The Morgan fingerprint density at radius 1 is 1.31 bits per heavy atom. The Morgan fingerprint density at radius 2 is 2.06 bits per heavy atom. The summed E-state index contributed by atoms with van der Waals surface area (Å²) < 4.78 is 13.6. The number of aliphatic hydroxyl groups is 1. The Morgan fingerprint density at radius 3 is 2.62 bits per heavy atom. The Labute approximate surface area is 102 Å². The summed E-state index contributed by atoms with van der Waals surface area (Å²) in [5.74, 6) is -0.481. The Bertz CT molecular complexity index is 509. The SMILES string of the molecule is Cc1cscc1C(O)c1ccc(Cl)cc1F. The van der Waals surface area contributed by atoms with Crippen molar-refractivity contribution < 1.29 is 9.50 Å². The molecule has 0 saturated carbocycles. The maximum atomic E-state index is 13.6. The van der Waals surface area contributed by atoms with Gasteiger partial charge in [0.05, 0.1) is 0 Å². The van der Waals surface area contributed by atoms with Gasteiger partial charge in [-0.15, -0.1) is 0 Å². The molecule has 4 heteroatoms. The molecule has 1 unspecified atom stereocenters. The van der Waals surface area contributed by atoms with Gasteiger partial charge in [0.15, 0.2) is 0 Å². The molecule has 1 N–H and O–H groups in total. The third kappa shape index (κ3) is 2.12. The van der Waals surface area contributed by atoms with Gasteiger partial charge in [0, 0.05) is 10.6 Å². The summed E-state index contributed by atoms with van der Waals surface area (Å²) in [5, 5.41) is 14.1. The molecule has 1 heterocycles. The van der Waals surface area contributed by atoms with Gasteiger partial charge < -0.3 is 5.11 Å². The number of hydrogen-bond acceptors (Lipinski definition) is 2. The smallest absolute Gasteiger partial charge is 0.130 e. The minimum atomic E-state index is -0.927. The molecule has 1 aromatic carbocycles. The molecule has 0 amide bonds. The second kappa shape index (κ2) is 4.53. The first-order chi connectivity index (χ1) is 7.59. The van der Waals surface area contributed by atoms with Crippen LogP contribution in [0.4, 0.5) is 4.39 Å². The quantitative estimate of drug-likeness (QED) is 0.863. The van der Waals surface area contributed by atoms with E-state index in [-0.39, 0.29) is 5.56 Å². The van der Waals surface area contributed by atoms with E-state index in [1.165, 1.54) is 23.5 Å². The molecule has 0 aliphatic heterocycles. The van der Waals surface area contributed by atoms with E-state index in [0.29, 0.717) is 5.02 Å². The molecule has 0 bridgehead atoms. The van der Waals surface area contributed by atoms with Gasteiger partial charge >= 0.3 is 0 Å². The molecule has 0 saturated heterocycles. The molecule has 0 aliphatic rings. The minimum absolute atomic E-state index is 0.255. The monoisotopic (exact) mass is 256 g/mol. The third-order valence-electron chi connectivity index (χ3n) is 2.45. The summed E-state index contributed by atoms with van der Waals surface area (Å²) in [4.78, 5) is 0. The van der Waals surface area contributed by atoms with E-state index in [1.54, 1.807) is 6.07 Å². The van der Waals surface area contributed by atoms with Crippen molar-refractivity contribution in [2.45, 2.75) is 13.0 Å². The lowest BCUT2D eigenvalue weighted by Crippen LogP contribution is -2.02. The largest absolute Gasteiger partial charge is 0.384 e. The van der Waals surface area contributed by atoms with E-state index in [2.05, 4.69) is 0 Å². The first-order valence-electron chi connectivity index (χ1n) is 4.75. The van der Waals surface area contributed by atoms with Crippen LogP contribution < -0.4 is 0 Å². The van der Waals surface area contributed by atoms with E-state index in [0.717, 1.165) is 11.1 Å². The van der Waals surface area contributed by atoms with E-state index in [9.17, 15) is 9.50 Å². The van der Waals surface area contributed by atoms with Crippen molar-refractivity contribution in [1.29, 1.82) is 0 Å². The maximum Gasteiger partial charge on any atom is 0.130 e.